The van der Waals surface area contributed by atoms with Gasteiger partial charge in [-0.25, -0.2) is 9.97 Å². The number of fused-ring (bicyclic) bond motifs is 1. The van der Waals surface area contributed by atoms with Gasteiger partial charge in [0.1, 0.15) is 30.5 Å². The minimum Gasteiger partial charge on any atom is -0.490 e. The molecule has 3 aromatic rings. The first-order valence-corrected chi connectivity index (χ1v) is 11.7. The summed E-state index contributed by atoms with van der Waals surface area (Å²) >= 11 is 0. The van der Waals surface area contributed by atoms with Crippen LogP contribution in [0.2, 0.25) is 0 Å². The van der Waals surface area contributed by atoms with Gasteiger partial charge in [0.2, 0.25) is 11.8 Å². The van der Waals surface area contributed by atoms with E-state index >= 15 is 0 Å². The number of aryl methyl sites for hydroxylation is 1. The molecule has 0 saturated carbocycles. The largest absolute Gasteiger partial charge is 0.490 e. The standard InChI is InChI=1S/C25H31N7O3/c1-25(2,3)30-21(33)16-32(4)24-18-7-5-8-19(18)28-23(29-24)20-15-17(10-12-26-20)34-13-14-35-22-9-6-11-27-31-22/h6,9-12,15H,5,7-8,13-14,16H2,1-4H3,(H,30,33). The molecule has 0 radical (unpaired) electrons. The van der Waals surface area contributed by atoms with Gasteiger partial charge in [0.15, 0.2) is 5.82 Å². The molecule has 35 heavy (non-hydrogen) atoms. The van der Waals surface area contributed by atoms with Crippen LogP contribution in [0.25, 0.3) is 11.5 Å². The zero-order chi connectivity index (χ0) is 24.8. The summed E-state index contributed by atoms with van der Waals surface area (Å²) in [5, 5.41) is 10.7. The summed E-state index contributed by atoms with van der Waals surface area (Å²) in [5.74, 6) is 2.33. The number of nitrogens with zero attached hydrogens (tertiary/aromatic N) is 6. The third-order valence-corrected chi connectivity index (χ3v) is 5.28. The molecule has 0 aliphatic heterocycles. The van der Waals surface area contributed by atoms with Crippen molar-refractivity contribution in [1.29, 1.82) is 0 Å². The summed E-state index contributed by atoms with van der Waals surface area (Å²) < 4.78 is 11.3. The van der Waals surface area contributed by atoms with Gasteiger partial charge in [-0.3, -0.25) is 9.78 Å². The number of likely N-dealkylation sites (N-methyl/N-ethyl adjacent to an activating group) is 1. The Morgan fingerprint density at radius 3 is 2.71 bits per heavy atom. The molecule has 0 saturated heterocycles. The van der Waals surface area contributed by atoms with Gasteiger partial charge in [0.05, 0.1) is 6.54 Å². The van der Waals surface area contributed by atoms with Crippen molar-refractivity contribution in [2.24, 2.45) is 0 Å². The first-order valence-electron chi connectivity index (χ1n) is 11.7. The Labute approximate surface area is 205 Å². The van der Waals surface area contributed by atoms with Gasteiger partial charge in [-0.05, 0) is 52.2 Å². The molecular weight excluding hydrogens is 446 g/mol. The molecule has 4 rings (SSSR count). The van der Waals surface area contributed by atoms with Gasteiger partial charge in [0, 0.05) is 48.4 Å². The van der Waals surface area contributed by atoms with Crippen molar-refractivity contribution in [3.63, 3.8) is 0 Å². The summed E-state index contributed by atoms with van der Waals surface area (Å²) in [6.07, 6.45) is 6.07. The van der Waals surface area contributed by atoms with Crippen LogP contribution in [-0.2, 0) is 17.6 Å². The number of pyridine rings is 1. The summed E-state index contributed by atoms with van der Waals surface area (Å²) in [5.41, 5.74) is 2.44. The molecule has 184 valence electrons. The lowest BCUT2D eigenvalue weighted by Crippen LogP contribution is -2.45. The zero-order valence-corrected chi connectivity index (χ0v) is 20.6. The molecule has 0 unspecified atom stereocenters. The predicted molar refractivity (Wildman–Crippen MR) is 131 cm³/mol. The molecule has 1 aliphatic rings. The van der Waals surface area contributed by atoms with Crippen molar-refractivity contribution in [2.75, 3.05) is 31.7 Å². The van der Waals surface area contributed by atoms with E-state index in [-0.39, 0.29) is 18.0 Å². The van der Waals surface area contributed by atoms with Crippen LogP contribution in [-0.4, -0.2) is 63.4 Å². The number of hydrogen-bond acceptors (Lipinski definition) is 9. The number of aromatic nitrogens is 5. The Morgan fingerprint density at radius 1 is 1.11 bits per heavy atom. The van der Waals surface area contributed by atoms with Crippen molar-refractivity contribution < 1.29 is 14.3 Å². The van der Waals surface area contributed by atoms with E-state index in [2.05, 4.69) is 20.5 Å². The maximum absolute atomic E-state index is 12.5. The molecule has 0 atom stereocenters. The monoisotopic (exact) mass is 477 g/mol. The molecule has 1 amide bonds. The van der Waals surface area contributed by atoms with Gasteiger partial charge in [-0.15, -0.1) is 5.10 Å². The van der Waals surface area contributed by atoms with E-state index in [0.717, 1.165) is 36.3 Å². The summed E-state index contributed by atoms with van der Waals surface area (Å²) in [7, 11) is 1.89. The molecule has 10 nitrogen and oxygen atoms in total. The van der Waals surface area contributed by atoms with E-state index in [1.807, 2.05) is 38.8 Å². The number of anilines is 1. The van der Waals surface area contributed by atoms with Gasteiger partial charge >= 0.3 is 0 Å². The fourth-order valence-electron chi connectivity index (χ4n) is 3.88. The van der Waals surface area contributed by atoms with Crippen molar-refractivity contribution in [2.45, 2.75) is 45.6 Å². The molecule has 10 heteroatoms. The smallest absolute Gasteiger partial charge is 0.239 e. The average Bonchev–Trinajstić information content (AvgIpc) is 3.29. The second-order valence-corrected chi connectivity index (χ2v) is 9.44. The SMILES string of the molecule is CN(CC(=O)NC(C)(C)C)c1nc(-c2cc(OCCOc3cccnn3)ccn2)nc2c1CCC2. The van der Waals surface area contributed by atoms with Crippen LogP contribution in [0.1, 0.15) is 38.4 Å². The van der Waals surface area contributed by atoms with Crippen LogP contribution in [0.3, 0.4) is 0 Å². The fraction of sp³-hybridized carbons (Fsp3) is 0.440. The van der Waals surface area contributed by atoms with Crippen molar-refractivity contribution >= 4 is 11.7 Å². The van der Waals surface area contributed by atoms with Crippen molar-refractivity contribution in [3.8, 4) is 23.1 Å². The second kappa shape index (κ2) is 10.6. The van der Waals surface area contributed by atoms with Crippen LogP contribution >= 0.6 is 0 Å². The van der Waals surface area contributed by atoms with E-state index < -0.39 is 0 Å². The normalized spacial score (nSPS) is 12.7. The highest BCUT2D eigenvalue weighted by atomic mass is 16.5. The molecule has 0 spiro atoms. The van der Waals surface area contributed by atoms with Crippen molar-refractivity contribution in [1.82, 2.24) is 30.5 Å². The Balaban J connectivity index is 1.47. The highest BCUT2D eigenvalue weighted by Gasteiger charge is 2.24. The van der Waals surface area contributed by atoms with E-state index in [4.69, 9.17) is 19.4 Å². The maximum atomic E-state index is 12.5. The van der Waals surface area contributed by atoms with E-state index in [9.17, 15) is 4.79 Å². The van der Waals surface area contributed by atoms with Crippen LogP contribution in [0.4, 0.5) is 5.82 Å². The second-order valence-electron chi connectivity index (χ2n) is 9.44. The minimum absolute atomic E-state index is 0.0517. The number of amides is 1. The number of carbonyl (C=O) groups is 1. The fourth-order valence-corrected chi connectivity index (χ4v) is 3.88. The average molecular weight is 478 g/mol. The molecule has 3 aromatic heterocycles. The molecular formula is C25H31N7O3. The lowest BCUT2D eigenvalue weighted by atomic mass is 10.1. The first kappa shape index (κ1) is 24.3. The third kappa shape index (κ3) is 6.62. The Kier molecular flexibility index (Phi) is 7.38. The summed E-state index contributed by atoms with van der Waals surface area (Å²) in [6.45, 7) is 6.78. The van der Waals surface area contributed by atoms with Crippen LogP contribution in [0.5, 0.6) is 11.6 Å². The maximum Gasteiger partial charge on any atom is 0.239 e. The van der Waals surface area contributed by atoms with E-state index in [1.165, 1.54) is 0 Å². The summed E-state index contributed by atoms with van der Waals surface area (Å²) in [4.78, 5) is 28.5. The summed E-state index contributed by atoms with van der Waals surface area (Å²) in [6, 6.07) is 7.10. The first-order chi connectivity index (χ1) is 16.8. The molecule has 0 fully saturated rings. The van der Waals surface area contributed by atoms with Crippen LogP contribution in [0.15, 0.2) is 36.7 Å². The van der Waals surface area contributed by atoms with Gasteiger partial charge in [-0.2, -0.15) is 5.10 Å². The lowest BCUT2D eigenvalue weighted by molar-refractivity contribution is -0.121. The van der Waals surface area contributed by atoms with E-state index in [0.29, 0.717) is 36.4 Å². The Morgan fingerprint density at radius 2 is 1.94 bits per heavy atom. The zero-order valence-electron chi connectivity index (χ0n) is 20.6. The number of hydrogen-bond donors (Lipinski definition) is 1. The molecule has 3 heterocycles. The number of nitrogens with one attached hydrogen (secondary N) is 1. The number of ether oxygens (including phenoxy) is 2. The molecule has 0 aromatic carbocycles. The molecule has 0 bridgehead atoms. The quantitative estimate of drug-likeness (QED) is 0.464. The number of carbonyl (C=O) groups excluding carboxylic acids is 1. The topological polar surface area (TPSA) is 115 Å². The minimum atomic E-state index is -0.291. The third-order valence-electron chi connectivity index (χ3n) is 5.28. The van der Waals surface area contributed by atoms with Gasteiger partial charge in [-0.1, -0.05) is 0 Å². The predicted octanol–water partition coefficient (Wildman–Crippen LogP) is 2.63. The number of rotatable bonds is 9. The van der Waals surface area contributed by atoms with Gasteiger partial charge < -0.3 is 19.7 Å². The lowest BCUT2D eigenvalue weighted by Gasteiger charge is -2.25. The van der Waals surface area contributed by atoms with Crippen LogP contribution < -0.4 is 19.7 Å². The molecule has 1 aliphatic carbocycles. The van der Waals surface area contributed by atoms with Gasteiger partial charge in [0.25, 0.3) is 0 Å². The highest BCUT2D eigenvalue weighted by Crippen LogP contribution is 2.31. The Hall–Kier alpha value is -3.82. The van der Waals surface area contributed by atoms with E-state index in [1.54, 1.807) is 30.6 Å². The van der Waals surface area contributed by atoms with Crippen LogP contribution in [0, 0.1) is 0 Å². The highest BCUT2D eigenvalue weighted by molar-refractivity contribution is 5.82. The van der Waals surface area contributed by atoms with Crippen molar-refractivity contribution in [3.05, 3.63) is 47.9 Å². The molecule has 1 N–H and O–H groups in total. The Bertz CT molecular complexity index is 1170.